The number of carbonyl (C=O) groups excluding carboxylic acids is 3. The first-order valence-electron chi connectivity index (χ1n) is 16.3. The molecular formula is C36H76N4O4Y2-4. The van der Waals surface area contributed by atoms with Crippen molar-refractivity contribution in [1.82, 2.24) is 5.32 Å². The first-order chi connectivity index (χ1) is 20.2. The molecule has 0 heterocycles. The molecule has 0 bridgehead atoms. The summed E-state index contributed by atoms with van der Waals surface area (Å²) < 4.78 is 5.02. The summed E-state index contributed by atoms with van der Waals surface area (Å²) in [5.74, 6) is 0.404. The van der Waals surface area contributed by atoms with Crippen LogP contribution in [0.4, 0.5) is 0 Å². The van der Waals surface area contributed by atoms with E-state index in [0.717, 1.165) is 19.4 Å². The van der Waals surface area contributed by atoms with Crippen molar-refractivity contribution in [3.8, 4) is 0 Å². The van der Waals surface area contributed by atoms with Gasteiger partial charge in [0.15, 0.2) is 11.7 Å². The van der Waals surface area contributed by atoms with Crippen molar-refractivity contribution in [3.05, 3.63) is 27.7 Å². The Morgan fingerprint density at radius 3 is 1.39 bits per heavy atom. The molecule has 274 valence electrons. The van der Waals surface area contributed by atoms with Gasteiger partial charge in [-0.25, -0.2) is 0 Å². The van der Waals surface area contributed by atoms with Gasteiger partial charge in [0.05, 0.1) is 6.61 Å². The van der Waals surface area contributed by atoms with E-state index in [1.165, 1.54) is 38.5 Å². The van der Waals surface area contributed by atoms with Gasteiger partial charge in [0.1, 0.15) is 12.4 Å². The molecule has 0 rings (SSSR count). The molecule has 7 N–H and O–H groups in total. The number of ketones is 2. The summed E-state index contributed by atoms with van der Waals surface area (Å²) in [5, 5.41) is 2.48. The fraction of sp³-hybridized carbons (Fsp3) is 0.806. The van der Waals surface area contributed by atoms with Gasteiger partial charge in [-0.3, -0.25) is 9.59 Å². The molecule has 0 fully saturated rings. The number of rotatable bonds is 16. The SMILES string of the molecule is CC(C)(C)CC(=O)COCCN.CC(C)(C)CCCCN.[CH2-]CC(=O)CCCCCC(C)(C)C.[CH2-]CN.[CH2-]CNC(=O)C[CH2-].[Y].[Y]. The van der Waals surface area contributed by atoms with Gasteiger partial charge in [-0.2, -0.15) is 0 Å². The molecule has 1 amide bonds. The normalized spacial score (nSPS) is 10.3. The molecule has 0 atom stereocenters. The number of carbonyl (C=O) groups is 3. The molecule has 46 heavy (non-hydrogen) atoms. The maximum atomic E-state index is 11.2. The van der Waals surface area contributed by atoms with Crippen LogP contribution in [0.2, 0.25) is 0 Å². The third-order valence-corrected chi connectivity index (χ3v) is 5.34. The van der Waals surface area contributed by atoms with Crippen molar-refractivity contribution in [3.63, 3.8) is 0 Å². The van der Waals surface area contributed by atoms with Crippen molar-refractivity contribution in [2.24, 2.45) is 33.4 Å². The topological polar surface area (TPSA) is 151 Å². The van der Waals surface area contributed by atoms with E-state index in [1.54, 1.807) is 0 Å². The number of unbranched alkanes of at least 4 members (excludes halogenated alkanes) is 3. The van der Waals surface area contributed by atoms with Crippen molar-refractivity contribution in [1.29, 1.82) is 0 Å². The van der Waals surface area contributed by atoms with Gasteiger partial charge in [-0.05, 0) is 48.5 Å². The van der Waals surface area contributed by atoms with E-state index >= 15 is 0 Å². The predicted octanol–water partition coefficient (Wildman–Crippen LogP) is 6.84. The number of ether oxygens (including phenoxy) is 1. The van der Waals surface area contributed by atoms with Crippen molar-refractivity contribution in [2.75, 3.05) is 39.4 Å². The van der Waals surface area contributed by atoms with E-state index < -0.39 is 0 Å². The number of nitrogens with one attached hydrogen (secondary N) is 1. The fourth-order valence-electron chi connectivity index (χ4n) is 3.22. The minimum absolute atomic E-state index is 0. The quantitative estimate of drug-likeness (QED) is 0.0986. The van der Waals surface area contributed by atoms with Crippen LogP contribution in [0.15, 0.2) is 0 Å². The maximum absolute atomic E-state index is 11.2. The van der Waals surface area contributed by atoms with Gasteiger partial charge in [0.2, 0.25) is 0 Å². The van der Waals surface area contributed by atoms with E-state index in [2.05, 4.69) is 74.6 Å². The van der Waals surface area contributed by atoms with Gasteiger partial charge in [-0.15, -0.1) is 25.9 Å². The monoisotopic (exact) mass is 806 g/mol. The number of Topliss-reactive ketones (excluding diaryl/α,β-unsaturated/α-hetero) is 2. The van der Waals surface area contributed by atoms with Gasteiger partial charge >= 0.3 is 0 Å². The summed E-state index contributed by atoms with van der Waals surface area (Å²) in [5.41, 5.74) is 16.3. The minimum atomic E-state index is -0.0463. The van der Waals surface area contributed by atoms with Crippen LogP contribution in [-0.2, 0) is 84.5 Å². The molecule has 0 saturated heterocycles. The molecular weight excluding hydrogens is 730 g/mol. The summed E-state index contributed by atoms with van der Waals surface area (Å²) in [6, 6.07) is 0. The zero-order valence-electron chi connectivity index (χ0n) is 31.9. The average molecular weight is 807 g/mol. The second kappa shape index (κ2) is 42.0. The summed E-state index contributed by atoms with van der Waals surface area (Å²) in [6.07, 6.45) is 10.5. The summed E-state index contributed by atoms with van der Waals surface area (Å²) in [4.78, 5) is 32.3. The first-order valence-corrected chi connectivity index (χ1v) is 16.3. The van der Waals surface area contributed by atoms with Gasteiger partial charge in [0.25, 0.3) is 0 Å². The third-order valence-electron chi connectivity index (χ3n) is 5.34. The van der Waals surface area contributed by atoms with Crippen molar-refractivity contribution < 1.29 is 84.5 Å². The molecule has 0 aliphatic heterocycles. The van der Waals surface area contributed by atoms with Gasteiger partial charge in [-0.1, -0.05) is 81.6 Å². The molecule has 0 aliphatic carbocycles. The van der Waals surface area contributed by atoms with Crippen LogP contribution >= 0.6 is 0 Å². The molecule has 0 aromatic heterocycles. The van der Waals surface area contributed by atoms with Crippen LogP contribution in [0.5, 0.6) is 0 Å². The Labute approximate surface area is 337 Å². The molecule has 0 unspecified atom stereocenters. The van der Waals surface area contributed by atoms with Crippen LogP contribution < -0.4 is 22.5 Å². The van der Waals surface area contributed by atoms with E-state index in [9.17, 15) is 14.4 Å². The Morgan fingerprint density at radius 2 is 1.09 bits per heavy atom. The Hall–Kier alpha value is 0.858. The smallest absolute Gasteiger partial charge is 0.187 e. The van der Waals surface area contributed by atoms with E-state index in [0.29, 0.717) is 62.1 Å². The largest absolute Gasteiger partial charge is 0.388 e. The summed E-state index contributed by atoms with van der Waals surface area (Å²) in [7, 11) is 0. The minimum Gasteiger partial charge on any atom is -0.388 e. The van der Waals surface area contributed by atoms with E-state index in [4.69, 9.17) is 21.9 Å². The Morgan fingerprint density at radius 1 is 0.630 bits per heavy atom. The second-order valence-corrected chi connectivity index (χ2v) is 14.2. The number of amides is 1. The molecule has 0 aromatic carbocycles. The van der Waals surface area contributed by atoms with E-state index in [1.807, 2.05) is 20.8 Å². The molecule has 2 radical (unpaired) electrons. The van der Waals surface area contributed by atoms with E-state index in [-0.39, 0.29) is 89.1 Å². The second-order valence-electron chi connectivity index (χ2n) is 14.2. The number of hydrogen-bond donors (Lipinski definition) is 4. The first kappa shape index (κ1) is 62.0. The van der Waals surface area contributed by atoms with Gasteiger partial charge < -0.3 is 59.7 Å². The Balaban J connectivity index is -0.0000000861. The van der Waals surface area contributed by atoms with Crippen LogP contribution in [0.1, 0.15) is 133 Å². The zero-order valence-corrected chi connectivity index (χ0v) is 37.5. The van der Waals surface area contributed by atoms with Crippen LogP contribution in [0.3, 0.4) is 0 Å². The number of hydrogen-bond acceptors (Lipinski definition) is 7. The van der Waals surface area contributed by atoms with Crippen molar-refractivity contribution >= 4 is 17.5 Å². The number of nitrogens with two attached hydrogens (primary N) is 3. The molecule has 0 saturated carbocycles. The van der Waals surface area contributed by atoms with Crippen LogP contribution in [0.25, 0.3) is 0 Å². The zero-order chi connectivity index (χ0) is 35.7. The molecule has 10 heteroatoms. The van der Waals surface area contributed by atoms with Gasteiger partial charge in [0, 0.05) is 84.8 Å². The van der Waals surface area contributed by atoms with Crippen LogP contribution in [-0.4, -0.2) is 56.9 Å². The predicted molar refractivity (Wildman–Crippen MR) is 192 cm³/mol. The molecule has 8 nitrogen and oxygen atoms in total. The summed E-state index contributed by atoms with van der Waals surface area (Å²) >= 11 is 0. The Bertz CT molecular complexity index is 645. The molecule has 0 aliphatic rings. The third kappa shape index (κ3) is 79.9. The summed E-state index contributed by atoms with van der Waals surface area (Å²) in [6.45, 7) is 36.2. The maximum Gasteiger partial charge on any atom is 0.187 e. The average Bonchev–Trinajstić information content (AvgIpc) is 2.88. The molecule has 0 spiro atoms. The fourth-order valence-corrected chi connectivity index (χ4v) is 3.22. The Kier molecular flexibility index (Phi) is 56.7. The van der Waals surface area contributed by atoms with Crippen LogP contribution in [0, 0.1) is 43.9 Å². The van der Waals surface area contributed by atoms with Crippen molar-refractivity contribution in [2.45, 2.75) is 133 Å². The standard InChI is InChI=1S/C12H23O.C9H19NO2.C8H19N.C5H9NO.C2H6N.2Y/c1-5-11(13)9-7-6-8-10-12(2,3)4;1-9(2,3)6-8(11)7-12-5-4-10;1-8(2,3)6-4-5-7-9;1-3-5(7)6-4-2;1-2-3;;/h1,5-10H2,2-4H3;4-7,10H2,1-3H3;4-7,9H2,1-3H3;1-4H2,(H,6,7);1-3H2;;/q-1;;;-2;-1;;. The molecule has 0 aromatic rings.